The SMILES string of the molecule is CC(C(=O)NC1CCCC1)N(Cc1cccc(Br)c1)C(=O)CCc1ccccc1Cl. The van der Waals surface area contributed by atoms with Crippen molar-refractivity contribution in [1.82, 2.24) is 10.2 Å². The van der Waals surface area contributed by atoms with Crippen LogP contribution >= 0.6 is 27.5 Å². The maximum absolute atomic E-state index is 13.2. The maximum atomic E-state index is 13.2. The van der Waals surface area contributed by atoms with Gasteiger partial charge >= 0.3 is 0 Å². The molecule has 160 valence electrons. The third-order valence-corrected chi connectivity index (χ3v) is 6.54. The van der Waals surface area contributed by atoms with E-state index < -0.39 is 6.04 Å². The third kappa shape index (κ3) is 6.32. The Morgan fingerprint density at radius 3 is 2.60 bits per heavy atom. The molecule has 0 bridgehead atoms. The lowest BCUT2D eigenvalue weighted by Crippen LogP contribution is -2.49. The Morgan fingerprint density at radius 1 is 1.17 bits per heavy atom. The molecule has 1 fully saturated rings. The summed E-state index contributed by atoms with van der Waals surface area (Å²) in [5.41, 5.74) is 1.92. The number of halogens is 2. The second kappa shape index (κ2) is 11.0. The molecule has 3 rings (SSSR count). The normalized spacial score (nSPS) is 15.0. The summed E-state index contributed by atoms with van der Waals surface area (Å²) in [6, 6.07) is 15.1. The summed E-state index contributed by atoms with van der Waals surface area (Å²) in [5, 5.41) is 3.79. The number of benzene rings is 2. The predicted octanol–water partition coefficient (Wildman–Crippen LogP) is 5.51. The highest BCUT2D eigenvalue weighted by Gasteiger charge is 2.28. The number of carbonyl (C=O) groups excluding carboxylic acids is 2. The van der Waals surface area contributed by atoms with Crippen molar-refractivity contribution in [3.8, 4) is 0 Å². The first-order valence-corrected chi connectivity index (χ1v) is 11.7. The van der Waals surface area contributed by atoms with Gasteiger partial charge in [0.05, 0.1) is 0 Å². The van der Waals surface area contributed by atoms with Crippen LogP contribution in [0.5, 0.6) is 0 Å². The summed E-state index contributed by atoms with van der Waals surface area (Å²) in [6.45, 7) is 2.20. The van der Waals surface area contributed by atoms with Gasteiger partial charge in [-0.1, -0.05) is 70.7 Å². The van der Waals surface area contributed by atoms with Crippen LogP contribution in [-0.4, -0.2) is 28.8 Å². The van der Waals surface area contributed by atoms with Gasteiger partial charge in [-0.25, -0.2) is 0 Å². The molecule has 4 nitrogen and oxygen atoms in total. The highest BCUT2D eigenvalue weighted by atomic mass is 79.9. The molecule has 0 heterocycles. The van der Waals surface area contributed by atoms with Gasteiger partial charge in [-0.2, -0.15) is 0 Å². The smallest absolute Gasteiger partial charge is 0.242 e. The molecule has 1 aliphatic carbocycles. The molecule has 1 unspecified atom stereocenters. The van der Waals surface area contributed by atoms with E-state index in [1.54, 1.807) is 4.90 Å². The van der Waals surface area contributed by atoms with E-state index in [0.29, 0.717) is 24.4 Å². The summed E-state index contributed by atoms with van der Waals surface area (Å²) in [4.78, 5) is 27.8. The lowest BCUT2D eigenvalue weighted by Gasteiger charge is -2.30. The molecule has 2 amide bonds. The van der Waals surface area contributed by atoms with Crippen LogP contribution in [0.2, 0.25) is 5.02 Å². The van der Waals surface area contributed by atoms with Crippen LogP contribution in [-0.2, 0) is 22.6 Å². The van der Waals surface area contributed by atoms with E-state index >= 15 is 0 Å². The molecule has 1 saturated carbocycles. The van der Waals surface area contributed by atoms with Gasteiger partial charge in [0.1, 0.15) is 6.04 Å². The Morgan fingerprint density at radius 2 is 1.90 bits per heavy atom. The van der Waals surface area contributed by atoms with Gasteiger partial charge in [0.25, 0.3) is 0 Å². The quantitative estimate of drug-likeness (QED) is 0.529. The Labute approximate surface area is 192 Å². The van der Waals surface area contributed by atoms with Crippen LogP contribution in [0, 0.1) is 0 Å². The number of aryl methyl sites for hydroxylation is 1. The molecule has 1 aliphatic rings. The summed E-state index contributed by atoms with van der Waals surface area (Å²) >= 11 is 9.73. The minimum absolute atomic E-state index is 0.0519. The van der Waals surface area contributed by atoms with Crippen LogP contribution in [0.15, 0.2) is 53.0 Å². The Kier molecular flexibility index (Phi) is 8.34. The number of nitrogens with one attached hydrogen (secondary N) is 1. The first-order chi connectivity index (χ1) is 14.4. The number of carbonyl (C=O) groups is 2. The lowest BCUT2D eigenvalue weighted by molar-refractivity contribution is -0.140. The van der Waals surface area contributed by atoms with Crippen molar-refractivity contribution < 1.29 is 9.59 Å². The van der Waals surface area contributed by atoms with Crippen LogP contribution in [0.3, 0.4) is 0 Å². The van der Waals surface area contributed by atoms with Crippen molar-refractivity contribution in [3.63, 3.8) is 0 Å². The van der Waals surface area contributed by atoms with Crippen LogP contribution in [0.25, 0.3) is 0 Å². The monoisotopic (exact) mass is 490 g/mol. The minimum atomic E-state index is -0.539. The molecule has 2 aromatic rings. The number of hydrogen-bond donors (Lipinski definition) is 1. The van der Waals surface area contributed by atoms with Gasteiger partial charge in [-0.15, -0.1) is 0 Å². The minimum Gasteiger partial charge on any atom is -0.352 e. The van der Waals surface area contributed by atoms with Crippen molar-refractivity contribution >= 4 is 39.3 Å². The van der Waals surface area contributed by atoms with Crippen molar-refractivity contribution in [3.05, 3.63) is 69.2 Å². The van der Waals surface area contributed by atoms with Gasteiger partial charge < -0.3 is 10.2 Å². The van der Waals surface area contributed by atoms with E-state index in [4.69, 9.17) is 11.6 Å². The van der Waals surface area contributed by atoms with Crippen LogP contribution in [0.1, 0.15) is 50.2 Å². The van der Waals surface area contributed by atoms with Crippen molar-refractivity contribution in [2.75, 3.05) is 0 Å². The van der Waals surface area contributed by atoms with Crippen molar-refractivity contribution in [1.29, 1.82) is 0 Å². The van der Waals surface area contributed by atoms with E-state index in [9.17, 15) is 9.59 Å². The zero-order valence-corrected chi connectivity index (χ0v) is 19.6. The first kappa shape index (κ1) is 22.8. The van der Waals surface area contributed by atoms with E-state index in [-0.39, 0.29) is 17.9 Å². The second-order valence-electron chi connectivity index (χ2n) is 7.91. The van der Waals surface area contributed by atoms with Gasteiger partial charge in [0.2, 0.25) is 11.8 Å². The highest BCUT2D eigenvalue weighted by molar-refractivity contribution is 9.10. The maximum Gasteiger partial charge on any atom is 0.242 e. The topological polar surface area (TPSA) is 49.4 Å². The average Bonchev–Trinajstić information content (AvgIpc) is 3.24. The Hall–Kier alpha value is -1.85. The van der Waals surface area contributed by atoms with Crippen molar-refractivity contribution in [2.45, 2.75) is 64.1 Å². The molecule has 1 N–H and O–H groups in total. The summed E-state index contributed by atoms with van der Waals surface area (Å²) < 4.78 is 0.950. The average molecular weight is 492 g/mol. The molecule has 1 atom stereocenters. The highest BCUT2D eigenvalue weighted by Crippen LogP contribution is 2.21. The Balaban J connectivity index is 1.72. The summed E-state index contributed by atoms with van der Waals surface area (Å²) in [5.74, 6) is -0.132. The largest absolute Gasteiger partial charge is 0.352 e. The van der Waals surface area contributed by atoms with Crippen LogP contribution < -0.4 is 5.32 Å². The molecule has 0 saturated heterocycles. The fraction of sp³-hybridized carbons (Fsp3) is 0.417. The fourth-order valence-electron chi connectivity index (χ4n) is 3.89. The molecule has 6 heteroatoms. The molecule has 30 heavy (non-hydrogen) atoms. The Bertz CT molecular complexity index is 883. The first-order valence-electron chi connectivity index (χ1n) is 10.5. The molecule has 0 radical (unpaired) electrons. The predicted molar refractivity (Wildman–Crippen MR) is 124 cm³/mol. The number of nitrogens with zero attached hydrogens (tertiary/aromatic N) is 1. The molecule has 0 aromatic heterocycles. The molecule has 0 spiro atoms. The number of hydrogen-bond acceptors (Lipinski definition) is 2. The summed E-state index contributed by atoms with van der Waals surface area (Å²) in [6.07, 6.45) is 5.19. The van der Waals surface area contributed by atoms with Gasteiger partial charge in [0.15, 0.2) is 0 Å². The molecular weight excluding hydrogens is 464 g/mol. The molecular formula is C24H28BrClN2O2. The van der Waals surface area contributed by atoms with Gasteiger partial charge in [-0.05, 0) is 55.5 Å². The zero-order valence-electron chi connectivity index (χ0n) is 17.2. The zero-order chi connectivity index (χ0) is 21.5. The van der Waals surface area contributed by atoms with Crippen molar-refractivity contribution in [2.24, 2.45) is 0 Å². The standard InChI is InChI=1S/C24H28BrClN2O2/c1-17(24(30)27-21-10-3-4-11-21)28(16-18-7-6-9-20(25)15-18)23(29)14-13-19-8-2-5-12-22(19)26/h2,5-9,12,15,17,21H,3-4,10-11,13-14,16H2,1H3,(H,27,30). The van der Waals surface area contributed by atoms with E-state index in [0.717, 1.165) is 41.3 Å². The van der Waals surface area contributed by atoms with Crippen LogP contribution in [0.4, 0.5) is 0 Å². The summed E-state index contributed by atoms with van der Waals surface area (Å²) in [7, 11) is 0. The van der Waals surface area contributed by atoms with Gasteiger partial charge in [-0.3, -0.25) is 9.59 Å². The number of amides is 2. The fourth-order valence-corrected chi connectivity index (χ4v) is 4.57. The van der Waals surface area contributed by atoms with E-state index in [1.165, 1.54) is 0 Å². The van der Waals surface area contributed by atoms with E-state index in [1.807, 2.05) is 55.5 Å². The third-order valence-electron chi connectivity index (χ3n) is 5.68. The number of rotatable bonds is 8. The van der Waals surface area contributed by atoms with E-state index in [2.05, 4.69) is 21.2 Å². The molecule has 0 aliphatic heterocycles. The van der Waals surface area contributed by atoms with Gasteiger partial charge in [0, 0.05) is 28.5 Å². The molecule has 2 aromatic carbocycles. The lowest BCUT2D eigenvalue weighted by atomic mass is 10.1. The second-order valence-corrected chi connectivity index (χ2v) is 9.23.